The van der Waals surface area contributed by atoms with E-state index in [9.17, 15) is 0 Å². The average molecular weight is 260 g/mol. The SMILES string of the molecule is CC1(C)OB(c2cc(C3CC3)cnc2N)OC1(C)C. The molecule has 0 aromatic carbocycles. The quantitative estimate of drug-likeness (QED) is 0.824. The number of hydrogen-bond donors (Lipinski definition) is 1. The highest BCUT2D eigenvalue weighted by Crippen LogP contribution is 2.40. The van der Waals surface area contributed by atoms with Gasteiger partial charge >= 0.3 is 7.12 Å². The molecule has 1 aromatic rings. The second kappa shape index (κ2) is 3.96. The molecule has 2 heterocycles. The molecule has 102 valence electrons. The molecule has 1 saturated heterocycles. The molecule has 2 fully saturated rings. The lowest BCUT2D eigenvalue weighted by atomic mass is 9.78. The maximum atomic E-state index is 6.04. The van der Waals surface area contributed by atoms with Crippen molar-refractivity contribution >= 4 is 18.4 Å². The number of aromatic nitrogens is 1. The fourth-order valence-electron chi connectivity index (χ4n) is 2.31. The third kappa shape index (κ3) is 2.15. The molecule has 1 aliphatic carbocycles. The molecule has 2 aliphatic rings. The Hall–Kier alpha value is -1.07. The van der Waals surface area contributed by atoms with E-state index in [0.717, 1.165) is 5.46 Å². The molecule has 5 heteroatoms. The van der Waals surface area contributed by atoms with Gasteiger partial charge in [0.1, 0.15) is 5.82 Å². The van der Waals surface area contributed by atoms with Gasteiger partial charge in [0.25, 0.3) is 0 Å². The Kier molecular flexibility index (Phi) is 2.70. The molecule has 1 aromatic heterocycles. The zero-order valence-electron chi connectivity index (χ0n) is 12.1. The number of anilines is 1. The van der Waals surface area contributed by atoms with E-state index in [4.69, 9.17) is 15.0 Å². The van der Waals surface area contributed by atoms with E-state index in [1.165, 1.54) is 18.4 Å². The van der Waals surface area contributed by atoms with Crippen molar-refractivity contribution < 1.29 is 9.31 Å². The van der Waals surface area contributed by atoms with Crippen molar-refractivity contribution in [2.75, 3.05) is 5.73 Å². The molecule has 3 rings (SSSR count). The molecule has 0 unspecified atom stereocenters. The number of nitrogen functional groups attached to an aromatic ring is 1. The summed E-state index contributed by atoms with van der Waals surface area (Å²) in [7, 11) is -0.420. The Morgan fingerprint density at radius 1 is 1.21 bits per heavy atom. The summed E-state index contributed by atoms with van der Waals surface area (Å²) in [6.45, 7) is 8.17. The summed E-state index contributed by atoms with van der Waals surface area (Å²) in [6.07, 6.45) is 4.37. The summed E-state index contributed by atoms with van der Waals surface area (Å²) in [5.74, 6) is 1.15. The van der Waals surface area contributed by atoms with Gasteiger partial charge in [0.15, 0.2) is 0 Å². The minimum absolute atomic E-state index is 0.348. The molecule has 2 N–H and O–H groups in total. The summed E-state index contributed by atoms with van der Waals surface area (Å²) >= 11 is 0. The van der Waals surface area contributed by atoms with Crippen LogP contribution in [-0.2, 0) is 9.31 Å². The van der Waals surface area contributed by atoms with E-state index < -0.39 is 7.12 Å². The molecular formula is C14H21BN2O2. The minimum Gasteiger partial charge on any atom is -0.399 e. The zero-order valence-corrected chi connectivity index (χ0v) is 12.1. The second-order valence-electron chi connectivity index (χ2n) is 6.61. The predicted octanol–water partition coefficient (Wildman–Crippen LogP) is 1.84. The predicted molar refractivity (Wildman–Crippen MR) is 76.3 cm³/mol. The summed E-state index contributed by atoms with van der Waals surface area (Å²) in [4.78, 5) is 4.30. The normalized spacial score (nSPS) is 24.7. The lowest BCUT2D eigenvalue weighted by Gasteiger charge is -2.32. The van der Waals surface area contributed by atoms with Crippen LogP contribution >= 0.6 is 0 Å². The summed E-state index contributed by atoms with van der Waals surface area (Å²) in [5, 5.41) is 0. The molecular weight excluding hydrogens is 239 g/mol. The maximum Gasteiger partial charge on any atom is 0.498 e. The molecule has 0 atom stereocenters. The van der Waals surface area contributed by atoms with Crippen LogP contribution in [0.3, 0.4) is 0 Å². The molecule has 0 radical (unpaired) electrons. The molecule has 0 amide bonds. The third-order valence-electron chi connectivity index (χ3n) is 4.53. The van der Waals surface area contributed by atoms with Gasteiger partial charge in [0.2, 0.25) is 0 Å². The van der Waals surface area contributed by atoms with Gasteiger partial charge in [-0.25, -0.2) is 4.98 Å². The molecule has 0 bridgehead atoms. The van der Waals surface area contributed by atoms with Crippen LogP contribution in [0.15, 0.2) is 12.3 Å². The molecule has 1 saturated carbocycles. The number of hydrogen-bond acceptors (Lipinski definition) is 4. The summed E-state index contributed by atoms with van der Waals surface area (Å²) in [5.41, 5.74) is 7.41. The van der Waals surface area contributed by atoms with Crippen LogP contribution in [0.5, 0.6) is 0 Å². The van der Waals surface area contributed by atoms with Gasteiger partial charge in [-0.1, -0.05) is 6.07 Å². The lowest BCUT2D eigenvalue weighted by molar-refractivity contribution is 0.00578. The number of nitrogens with two attached hydrogens (primary N) is 1. The van der Waals surface area contributed by atoms with Crippen LogP contribution in [0.25, 0.3) is 0 Å². The average Bonchev–Trinajstić information content (AvgIpc) is 3.08. The first-order valence-corrected chi connectivity index (χ1v) is 6.91. The first-order chi connectivity index (χ1) is 8.80. The molecule has 0 spiro atoms. The van der Waals surface area contributed by atoms with Crippen molar-refractivity contribution in [3.05, 3.63) is 17.8 Å². The first-order valence-electron chi connectivity index (χ1n) is 6.91. The Morgan fingerprint density at radius 2 is 1.79 bits per heavy atom. The van der Waals surface area contributed by atoms with Gasteiger partial charge in [-0.3, -0.25) is 0 Å². The fourth-order valence-corrected chi connectivity index (χ4v) is 2.31. The van der Waals surface area contributed by atoms with Crippen molar-refractivity contribution in [2.45, 2.75) is 57.7 Å². The van der Waals surface area contributed by atoms with Gasteiger partial charge in [-0.05, 0) is 52.0 Å². The van der Waals surface area contributed by atoms with E-state index in [2.05, 4.69) is 11.1 Å². The van der Waals surface area contributed by atoms with Crippen LogP contribution in [0, 0.1) is 0 Å². The van der Waals surface area contributed by atoms with Gasteiger partial charge in [-0.2, -0.15) is 0 Å². The molecule has 1 aliphatic heterocycles. The fraction of sp³-hybridized carbons (Fsp3) is 0.643. The van der Waals surface area contributed by atoms with E-state index in [1.807, 2.05) is 33.9 Å². The van der Waals surface area contributed by atoms with E-state index >= 15 is 0 Å². The Balaban J connectivity index is 1.92. The van der Waals surface area contributed by atoms with Crippen LogP contribution in [0.2, 0.25) is 0 Å². The van der Waals surface area contributed by atoms with Crippen molar-refractivity contribution in [1.29, 1.82) is 0 Å². The monoisotopic (exact) mass is 260 g/mol. The van der Waals surface area contributed by atoms with Crippen LogP contribution in [-0.4, -0.2) is 23.3 Å². The van der Waals surface area contributed by atoms with Crippen LogP contribution in [0.4, 0.5) is 5.82 Å². The van der Waals surface area contributed by atoms with Crippen LogP contribution < -0.4 is 11.2 Å². The zero-order chi connectivity index (χ0) is 13.8. The highest BCUT2D eigenvalue weighted by Gasteiger charge is 2.52. The first kappa shape index (κ1) is 12.9. The minimum atomic E-state index is -0.420. The largest absolute Gasteiger partial charge is 0.498 e. The molecule has 4 nitrogen and oxygen atoms in total. The summed E-state index contributed by atoms with van der Waals surface area (Å²) in [6, 6.07) is 2.10. The highest BCUT2D eigenvalue weighted by molar-refractivity contribution is 6.63. The van der Waals surface area contributed by atoms with Gasteiger partial charge < -0.3 is 15.0 Å². The maximum absolute atomic E-state index is 6.04. The number of nitrogens with zero attached hydrogens (tertiary/aromatic N) is 1. The van der Waals surface area contributed by atoms with Crippen molar-refractivity contribution in [2.24, 2.45) is 0 Å². The molecule has 19 heavy (non-hydrogen) atoms. The van der Waals surface area contributed by atoms with E-state index in [-0.39, 0.29) is 11.2 Å². The number of pyridine rings is 1. The summed E-state index contributed by atoms with van der Waals surface area (Å²) < 4.78 is 12.1. The number of rotatable bonds is 2. The standard InChI is InChI=1S/C14H21BN2O2/c1-13(2)14(3,4)19-15(18-13)11-7-10(9-5-6-9)8-17-12(11)16/h7-9H,5-6H2,1-4H3,(H2,16,17). The highest BCUT2D eigenvalue weighted by atomic mass is 16.7. The Morgan fingerprint density at radius 3 is 2.32 bits per heavy atom. The smallest absolute Gasteiger partial charge is 0.399 e. The second-order valence-corrected chi connectivity index (χ2v) is 6.61. The van der Waals surface area contributed by atoms with Crippen molar-refractivity contribution in [1.82, 2.24) is 4.98 Å². The topological polar surface area (TPSA) is 57.4 Å². The van der Waals surface area contributed by atoms with Gasteiger partial charge in [-0.15, -0.1) is 0 Å². The van der Waals surface area contributed by atoms with Gasteiger partial charge in [0.05, 0.1) is 11.2 Å². The Labute approximate surface area is 114 Å². The van der Waals surface area contributed by atoms with E-state index in [1.54, 1.807) is 0 Å². The van der Waals surface area contributed by atoms with Crippen LogP contribution in [0.1, 0.15) is 52.0 Å². The third-order valence-corrected chi connectivity index (χ3v) is 4.53. The Bertz CT molecular complexity index is 496. The lowest BCUT2D eigenvalue weighted by Crippen LogP contribution is -2.41. The van der Waals surface area contributed by atoms with Crippen molar-refractivity contribution in [3.8, 4) is 0 Å². The van der Waals surface area contributed by atoms with E-state index in [0.29, 0.717) is 11.7 Å². The van der Waals surface area contributed by atoms with Crippen molar-refractivity contribution in [3.63, 3.8) is 0 Å². The van der Waals surface area contributed by atoms with Gasteiger partial charge in [0, 0.05) is 11.7 Å².